The van der Waals surface area contributed by atoms with E-state index >= 15 is 0 Å². The van der Waals surface area contributed by atoms with Crippen molar-refractivity contribution in [1.29, 1.82) is 0 Å². The predicted octanol–water partition coefficient (Wildman–Crippen LogP) is 2.00. The van der Waals surface area contributed by atoms with Crippen LogP contribution in [-0.2, 0) is 0 Å². The van der Waals surface area contributed by atoms with Crippen LogP contribution in [-0.4, -0.2) is 19.0 Å². The topological polar surface area (TPSA) is 15.3 Å². The third-order valence-corrected chi connectivity index (χ3v) is 1.39. The molecule has 0 atom stereocenters. The Morgan fingerprint density at radius 3 is 2.58 bits per heavy atom. The summed E-state index contributed by atoms with van der Waals surface area (Å²) in [6.07, 6.45) is 4.94. The molecule has 0 fully saturated rings. The second kappa shape index (κ2) is 5.41. The molecule has 0 aromatic heterocycles. The third-order valence-electron chi connectivity index (χ3n) is 1.39. The molecule has 0 aliphatic rings. The Bertz CT molecular complexity index is 207. The minimum Gasteiger partial charge on any atom is -0.393 e. The van der Waals surface area contributed by atoms with Crippen LogP contribution >= 0.6 is 0 Å². The maximum absolute atomic E-state index is 12.3. The van der Waals surface area contributed by atoms with Gasteiger partial charge in [-0.25, -0.2) is 4.39 Å². The molecule has 1 N–H and O–H groups in total. The standard InChI is InChI=1S/C9H15FN2/c1-8(10)7-9(2)12(4)6-5-11-3/h5-7,11H,1H2,2-4H3/b6-5-,9-7+. The van der Waals surface area contributed by atoms with E-state index in [1.54, 1.807) is 24.3 Å². The van der Waals surface area contributed by atoms with E-state index in [-0.39, 0.29) is 0 Å². The quantitative estimate of drug-likeness (QED) is 0.649. The molecule has 0 aromatic carbocycles. The summed E-state index contributed by atoms with van der Waals surface area (Å²) >= 11 is 0. The maximum atomic E-state index is 12.3. The zero-order valence-electron chi connectivity index (χ0n) is 7.76. The molecule has 0 amide bonds. The molecule has 3 heteroatoms. The lowest BCUT2D eigenvalue weighted by molar-refractivity contribution is 0.558. The first-order chi connectivity index (χ1) is 5.57. The minimum atomic E-state index is -0.433. The summed E-state index contributed by atoms with van der Waals surface area (Å²) in [7, 11) is 3.64. The van der Waals surface area contributed by atoms with Crippen LogP contribution in [0.15, 0.2) is 36.6 Å². The zero-order chi connectivity index (χ0) is 9.56. The van der Waals surface area contributed by atoms with Crippen LogP contribution in [0, 0.1) is 0 Å². The van der Waals surface area contributed by atoms with Gasteiger partial charge in [-0.3, -0.25) is 0 Å². The van der Waals surface area contributed by atoms with E-state index in [0.29, 0.717) is 0 Å². The van der Waals surface area contributed by atoms with E-state index in [2.05, 4.69) is 11.9 Å². The van der Waals surface area contributed by atoms with Crippen molar-refractivity contribution in [2.75, 3.05) is 14.1 Å². The molecule has 0 aliphatic carbocycles. The van der Waals surface area contributed by atoms with Gasteiger partial charge < -0.3 is 10.2 Å². The summed E-state index contributed by atoms with van der Waals surface area (Å²) < 4.78 is 12.3. The number of nitrogens with one attached hydrogen (secondary N) is 1. The number of allylic oxidation sites excluding steroid dienone is 3. The van der Waals surface area contributed by atoms with Crippen molar-refractivity contribution in [3.63, 3.8) is 0 Å². The lowest BCUT2D eigenvalue weighted by Crippen LogP contribution is -2.09. The van der Waals surface area contributed by atoms with E-state index in [9.17, 15) is 4.39 Å². The van der Waals surface area contributed by atoms with Gasteiger partial charge in [-0.1, -0.05) is 6.58 Å². The molecule has 0 aromatic rings. The van der Waals surface area contributed by atoms with E-state index in [1.165, 1.54) is 6.08 Å². The molecule has 0 rings (SSSR count). The number of hydrogen-bond acceptors (Lipinski definition) is 2. The fraction of sp³-hybridized carbons (Fsp3) is 0.333. The van der Waals surface area contributed by atoms with Crippen LogP contribution in [0.1, 0.15) is 6.92 Å². The van der Waals surface area contributed by atoms with Crippen molar-refractivity contribution in [3.05, 3.63) is 36.6 Å². The molecular formula is C9H15FN2. The fourth-order valence-electron chi connectivity index (χ4n) is 0.632. The number of rotatable bonds is 4. The van der Waals surface area contributed by atoms with Gasteiger partial charge >= 0.3 is 0 Å². The third kappa shape index (κ3) is 4.55. The largest absolute Gasteiger partial charge is 0.393 e. The van der Waals surface area contributed by atoms with Gasteiger partial charge in [0.1, 0.15) is 5.83 Å². The van der Waals surface area contributed by atoms with E-state index in [4.69, 9.17) is 0 Å². The molecule has 12 heavy (non-hydrogen) atoms. The van der Waals surface area contributed by atoms with E-state index < -0.39 is 5.83 Å². The first-order valence-corrected chi connectivity index (χ1v) is 3.67. The van der Waals surface area contributed by atoms with Gasteiger partial charge in [0, 0.05) is 32.2 Å². The average Bonchev–Trinajstić information content (AvgIpc) is 1.98. The molecule has 0 heterocycles. The summed E-state index contributed by atoms with van der Waals surface area (Å²) in [5.74, 6) is -0.433. The SMILES string of the molecule is C=C(F)/C=C(\C)N(C)/C=C\NC. The summed E-state index contributed by atoms with van der Waals surface area (Å²) in [4.78, 5) is 1.79. The lowest BCUT2D eigenvalue weighted by atomic mass is 10.4. The maximum Gasteiger partial charge on any atom is 0.117 e. The summed E-state index contributed by atoms with van der Waals surface area (Å²) in [6.45, 7) is 4.96. The molecule has 0 unspecified atom stereocenters. The molecule has 0 saturated heterocycles. The van der Waals surface area contributed by atoms with Crippen molar-refractivity contribution >= 4 is 0 Å². The van der Waals surface area contributed by atoms with Gasteiger partial charge in [-0.05, 0) is 13.0 Å². The summed E-state index contributed by atoms with van der Waals surface area (Å²) in [5.41, 5.74) is 0.800. The normalized spacial score (nSPS) is 11.8. The molecule has 0 spiro atoms. The minimum absolute atomic E-state index is 0.433. The fourth-order valence-corrected chi connectivity index (χ4v) is 0.632. The van der Waals surface area contributed by atoms with Crippen LogP contribution in [0.25, 0.3) is 0 Å². The molecule has 0 bridgehead atoms. The summed E-state index contributed by atoms with van der Waals surface area (Å²) in [6, 6.07) is 0. The molecule has 0 radical (unpaired) electrons. The number of hydrogen-bond donors (Lipinski definition) is 1. The Morgan fingerprint density at radius 2 is 2.17 bits per heavy atom. The number of nitrogens with zero attached hydrogens (tertiary/aromatic N) is 1. The van der Waals surface area contributed by atoms with Crippen molar-refractivity contribution < 1.29 is 4.39 Å². The predicted molar refractivity (Wildman–Crippen MR) is 50.0 cm³/mol. The highest BCUT2D eigenvalue weighted by Crippen LogP contribution is 2.05. The summed E-state index contributed by atoms with van der Waals surface area (Å²) in [5, 5.41) is 2.84. The Hall–Kier alpha value is -1.25. The monoisotopic (exact) mass is 170 g/mol. The van der Waals surface area contributed by atoms with Gasteiger partial charge in [-0.2, -0.15) is 0 Å². The van der Waals surface area contributed by atoms with Gasteiger partial charge in [0.15, 0.2) is 0 Å². The first kappa shape index (κ1) is 10.8. The molecule has 0 aliphatic heterocycles. The van der Waals surface area contributed by atoms with Crippen LogP contribution in [0.3, 0.4) is 0 Å². The Balaban J connectivity index is 4.18. The van der Waals surface area contributed by atoms with Gasteiger partial charge in [0.25, 0.3) is 0 Å². The Morgan fingerprint density at radius 1 is 1.58 bits per heavy atom. The Kier molecular flexibility index (Phi) is 4.84. The lowest BCUT2D eigenvalue weighted by Gasteiger charge is -2.13. The van der Waals surface area contributed by atoms with Crippen molar-refractivity contribution in [1.82, 2.24) is 10.2 Å². The van der Waals surface area contributed by atoms with Crippen molar-refractivity contribution in [2.45, 2.75) is 6.92 Å². The van der Waals surface area contributed by atoms with Crippen LogP contribution in [0.4, 0.5) is 4.39 Å². The Labute approximate surface area is 73.1 Å². The van der Waals surface area contributed by atoms with Gasteiger partial charge in [0.05, 0.1) is 0 Å². The van der Waals surface area contributed by atoms with Crippen molar-refractivity contribution in [3.8, 4) is 0 Å². The highest BCUT2D eigenvalue weighted by Gasteiger charge is 1.93. The second-order valence-electron chi connectivity index (χ2n) is 2.45. The van der Waals surface area contributed by atoms with Gasteiger partial charge in [0.2, 0.25) is 0 Å². The van der Waals surface area contributed by atoms with Crippen LogP contribution < -0.4 is 5.32 Å². The van der Waals surface area contributed by atoms with E-state index in [1.807, 2.05) is 14.0 Å². The number of halogens is 1. The highest BCUT2D eigenvalue weighted by molar-refractivity contribution is 5.13. The van der Waals surface area contributed by atoms with Crippen LogP contribution in [0.5, 0.6) is 0 Å². The molecule has 68 valence electrons. The second-order valence-corrected chi connectivity index (χ2v) is 2.45. The smallest absolute Gasteiger partial charge is 0.117 e. The van der Waals surface area contributed by atoms with Crippen LogP contribution in [0.2, 0.25) is 0 Å². The molecule has 0 saturated carbocycles. The molecule has 2 nitrogen and oxygen atoms in total. The zero-order valence-corrected chi connectivity index (χ0v) is 7.76. The van der Waals surface area contributed by atoms with Crippen molar-refractivity contribution in [2.24, 2.45) is 0 Å². The molecular weight excluding hydrogens is 155 g/mol. The highest BCUT2D eigenvalue weighted by atomic mass is 19.1. The first-order valence-electron chi connectivity index (χ1n) is 3.67. The van der Waals surface area contributed by atoms with Gasteiger partial charge in [-0.15, -0.1) is 0 Å². The average molecular weight is 170 g/mol. The van der Waals surface area contributed by atoms with E-state index in [0.717, 1.165) is 5.70 Å².